The Hall–Kier alpha value is -2.34. The van der Waals surface area contributed by atoms with Crippen LogP contribution in [0.1, 0.15) is 0 Å². The number of halogens is 1. The van der Waals surface area contributed by atoms with Crippen LogP contribution in [0.3, 0.4) is 0 Å². The van der Waals surface area contributed by atoms with Crippen molar-refractivity contribution in [2.24, 2.45) is 0 Å². The van der Waals surface area contributed by atoms with Crippen molar-refractivity contribution in [1.82, 2.24) is 4.98 Å². The fraction of sp³-hybridized carbons (Fsp3) is 0. The number of nitrogens with one attached hydrogen (secondary N) is 2. The lowest BCUT2D eigenvalue weighted by molar-refractivity contribution is 0.261. The highest BCUT2D eigenvalue weighted by Crippen LogP contribution is 2.22. The fourth-order valence-electron chi connectivity index (χ4n) is 1.73. The Bertz CT molecular complexity index is 755. The first-order valence-corrected chi connectivity index (χ1v) is 6.69. The van der Waals surface area contributed by atoms with Crippen LogP contribution < -0.4 is 10.6 Å². The van der Waals surface area contributed by atoms with Crippen LogP contribution in [-0.4, -0.2) is 11.0 Å². The molecule has 2 amide bonds. The average molecular weight is 332 g/mol. The van der Waals surface area contributed by atoms with Gasteiger partial charge in [-0.2, -0.15) is 4.98 Å². The molecule has 0 aliphatic heterocycles. The van der Waals surface area contributed by atoms with Gasteiger partial charge in [0.2, 0.25) is 0 Å². The molecule has 0 saturated heterocycles. The summed E-state index contributed by atoms with van der Waals surface area (Å²) in [6, 6.07) is 14.4. The quantitative estimate of drug-likeness (QED) is 0.738. The van der Waals surface area contributed by atoms with E-state index >= 15 is 0 Å². The van der Waals surface area contributed by atoms with Gasteiger partial charge in [-0.3, -0.25) is 5.32 Å². The van der Waals surface area contributed by atoms with Gasteiger partial charge in [0.25, 0.3) is 0 Å². The van der Waals surface area contributed by atoms with Gasteiger partial charge >= 0.3 is 12.0 Å². The van der Waals surface area contributed by atoms with Gasteiger partial charge in [-0.25, -0.2) is 4.79 Å². The zero-order chi connectivity index (χ0) is 13.9. The van der Waals surface area contributed by atoms with Crippen LogP contribution in [-0.2, 0) is 0 Å². The molecule has 1 aromatic heterocycles. The van der Waals surface area contributed by atoms with E-state index in [9.17, 15) is 4.79 Å². The summed E-state index contributed by atoms with van der Waals surface area (Å²) < 4.78 is 6.33. The number of urea groups is 1. The highest BCUT2D eigenvalue weighted by molar-refractivity contribution is 9.10. The molecule has 20 heavy (non-hydrogen) atoms. The van der Waals surface area contributed by atoms with Crippen LogP contribution in [0.25, 0.3) is 11.1 Å². The molecule has 0 bridgehead atoms. The van der Waals surface area contributed by atoms with Gasteiger partial charge in [-0.15, -0.1) is 0 Å². The number of para-hydroxylation sites is 1. The van der Waals surface area contributed by atoms with Crippen LogP contribution in [0.15, 0.2) is 57.4 Å². The van der Waals surface area contributed by atoms with E-state index in [1.54, 1.807) is 18.2 Å². The van der Waals surface area contributed by atoms with E-state index in [4.69, 9.17) is 4.42 Å². The smallest absolute Gasteiger partial charge is 0.327 e. The van der Waals surface area contributed by atoms with E-state index in [0.717, 1.165) is 4.47 Å². The minimum absolute atomic E-state index is 0.159. The number of hydrogen-bond acceptors (Lipinski definition) is 3. The van der Waals surface area contributed by atoms with Crippen molar-refractivity contribution in [1.29, 1.82) is 0 Å². The Morgan fingerprint density at radius 2 is 1.90 bits per heavy atom. The Balaban J connectivity index is 1.74. The number of fused-ring (bicyclic) bond motifs is 1. The van der Waals surface area contributed by atoms with Crippen molar-refractivity contribution in [3.63, 3.8) is 0 Å². The first kappa shape index (κ1) is 12.7. The molecule has 0 radical (unpaired) electrons. The lowest BCUT2D eigenvalue weighted by Gasteiger charge is -2.03. The third-order valence-electron chi connectivity index (χ3n) is 2.60. The number of rotatable bonds is 2. The maximum atomic E-state index is 11.8. The summed E-state index contributed by atoms with van der Waals surface area (Å²) in [6.07, 6.45) is 0. The number of amides is 2. The zero-order valence-corrected chi connectivity index (χ0v) is 11.8. The third-order valence-corrected chi connectivity index (χ3v) is 3.10. The van der Waals surface area contributed by atoms with Crippen molar-refractivity contribution in [3.05, 3.63) is 53.0 Å². The van der Waals surface area contributed by atoms with Gasteiger partial charge in [-0.1, -0.05) is 34.1 Å². The molecular formula is C14H10BrN3O2. The SMILES string of the molecule is O=C(Nc1ccccc1)Nc1nc2ccc(Br)cc2o1. The van der Waals surface area contributed by atoms with E-state index < -0.39 is 6.03 Å². The molecule has 100 valence electrons. The van der Waals surface area contributed by atoms with Crippen LogP contribution in [0.5, 0.6) is 0 Å². The van der Waals surface area contributed by atoms with E-state index in [1.165, 1.54) is 0 Å². The predicted molar refractivity (Wildman–Crippen MR) is 80.8 cm³/mol. The van der Waals surface area contributed by atoms with Gasteiger partial charge in [0.05, 0.1) is 0 Å². The standard InChI is InChI=1S/C14H10BrN3O2/c15-9-6-7-11-12(8-9)20-14(17-11)18-13(19)16-10-4-2-1-3-5-10/h1-8H,(H2,16,17,18,19). The minimum Gasteiger partial charge on any atom is -0.423 e. The molecule has 0 aliphatic rings. The maximum Gasteiger partial charge on any atom is 0.327 e. The molecule has 0 unspecified atom stereocenters. The van der Waals surface area contributed by atoms with Crippen molar-refractivity contribution in [2.75, 3.05) is 10.6 Å². The molecule has 6 heteroatoms. The molecule has 1 heterocycles. The monoisotopic (exact) mass is 331 g/mol. The van der Waals surface area contributed by atoms with Crippen LogP contribution in [0.2, 0.25) is 0 Å². The van der Waals surface area contributed by atoms with Crippen LogP contribution in [0.4, 0.5) is 16.5 Å². The summed E-state index contributed by atoms with van der Waals surface area (Å²) in [5.74, 6) is 0. The predicted octanol–water partition coefficient (Wildman–Crippen LogP) is 4.23. The Kier molecular flexibility index (Phi) is 3.39. The number of carbonyl (C=O) groups excluding carboxylic acids is 1. The Labute approximate surface area is 123 Å². The van der Waals surface area contributed by atoms with Gasteiger partial charge < -0.3 is 9.73 Å². The Morgan fingerprint density at radius 1 is 1.10 bits per heavy atom. The van der Waals surface area contributed by atoms with Gasteiger partial charge in [0.15, 0.2) is 5.58 Å². The third kappa shape index (κ3) is 2.80. The normalized spacial score (nSPS) is 10.4. The van der Waals surface area contributed by atoms with Crippen LogP contribution >= 0.6 is 15.9 Å². The molecule has 2 aromatic carbocycles. The number of hydrogen-bond donors (Lipinski definition) is 2. The summed E-state index contributed by atoms with van der Waals surface area (Å²) in [5, 5.41) is 5.24. The summed E-state index contributed by atoms with van der Waals surface area (Å²) in [6.45, 7) is 0. The zero-order valence-electron chi connectivity index (χ0n) is 10.3. The average Bonchev–Trinajstić information content (AvgIpc) is 2.80. The number of anilines is 2. The molecule has 3 aromatic rings. The second-order valence-electron chi connectivity index (χ2n) is 4.08. The fourth-order valence-corrected chi connectivity index (χ4v) is 2.07. The summed E-state index contributed by atoms with van der Waals surface area (Å²) in [7, 11) is 0. The number of benzene rings is 2. The van der Waals surface area contributed by atoms with Crippen molar-refractivity contribution in [3.8, 4) is 0 Å². The summed E-state index contributed by atoms with van der Waals surface area (Å²) in [5.41, 5.74) is 1.99. The van der Waals surface area contributed by atoms with Gasteiger partial charge in [0, 0.05) is 10.2 Å². The second-order valence-corrected chi connectivity index (χ2v) is 4.99. The van der Waals surface area contributed by atoms with E-state index in [2.05, 4.69) is 31.5 Å². The molecule has 2 N–H and O–H groups in total. The Morgan fingerprint density at radius 3 is 2.70 bits per heavy atom. The number of carbonyl (C=O) groups is 1. The number of aromatic nitrogens is 1. The van der Waals surface area contributed by atoms with Crippen molar-refractivity contribution >= 4 is 44.8 Å². The van der Waals surface area contributed by atoms with E-state index in [1.807, 2.05) is 30.3 Å². The lowest BCUT2D eigenvalue weighted by atomic mass is 10.3. The first-order chi connectivity index (χ1) is 9.70. The van der Waals surface area contributed by atoms with Gasteiger partial charge in [-0.05, 0) is 30.3 Å². The van der Waals surface area contributed by atoms with Crippen LogP contribution in [0, 0.1) is 0 Å². The summed E-state index contributed by atoms with van der Waals surface area (Å²) in [4.78, 5) is 16.0. The molecule has 0 atom stereocenters. The number of oxazole rings is 1. The van der Waals surface area contributed by atoms with E-state index in [0.29, 0.717) is 16.8 Å². The lowest BCUT2D eigenvalue weighted by Crippen LogP contribution is -2.19. The number of nitrogens with zero attached hydrogens (tertiary/aromatic N) is 1. The molecule has 0 saturated carbocycles. The first-order valence-electron chi connectivity index (χ1n) is 5.90. The molecular weight excluding hydrogens is 322 g/mol. The maximum absolute atomic E-state index is 11.8. The summed E-state index contributed by atoms with van der Waals surface area (Å²) >= 11 is 3.35. The molecule has 0 spiro atoms. The topological polar surface area (TPSA) is 67.2 Å². The molecule has 0 aliphatic carbocycles. The van der Waals surface area contributed by atoms with Crippen molar-refractivity contribution in [2.45, 2.75) is 0 Å². The molecule has 5 nitrogen and oxygen atoms in total. The largest absolute Gasteiger partial charge is 0.423 e. The molecule has 3 rings (SSSR count). The highest BCUT2D eigenvalue weighted by atomic mass is 79.9. The second kappa shape index (κ2) is 5.34. The van der Waals surface area contributed by atoms with E-state index in [-0.39, 0.29) is 6.01 Å². The minimum atomic E-state index is -0.401. The van der Waals surface area contributed by atoms with Gasteiger partial charge in [0.1, 0.15) is 5.52 Å². The highest BCUT2D eigenvalue weighted by Gasteiger charge is 2.09. The molecule has 0 fully saturated rings. The van der Waals surface area contributed by atoms with Crippen molar-refractivity contribution < 1.29 is 9.21 Å².